The van der Waals surface area contributed by atoms with Gasteiger partial charge in [-0.25, -0.2) is 4.68 Å². The minimum absolute atomic E-state index is 0.490. The van der Waals surface area contributed by atoms with Crippen molar-refractivity contribution in [3.05, 3.63) is 41.2 Å². The monoisotopic (exact) mass is 237 g/mol. The van der Waals surface area contributed by atoms with Crippen LogP contribution in [0.3, 0.4) is 0 Å². The molecule has 0 aliphatic heterocycles. The van der Waals surface area contributed by atoms with Gasteiger partial charge >= 0.3 is 0 Å². The molecular formula is C11H12ClN3O. The van der Waals surface area contributed by atoms with Crippen LogP contribution in [0.25, 0.3) is 5.69 Å². The second-order valence-electron chi connectivity index (χ2n) is 3.27. The third kappa shape index (κ3) is 2.59. The summed E-state index contributed by atoms with van der Waals surface area (Å²) in [5.41, 5.74) is 1.75. The fraction of sp³-hybridized carbons (Fsp3) is 0.273. The zero-order chi connectivity index (χ0) is 11.4. The molecule has 1 aromatic carbocycles. The number of halogens is 1. The van der Waals surface area contributed by atoms with Gasteiger partial charge in [0.15, 0.2) is 0 Å². The molecule has 0 spiro atoms. The molecule has 1 heterocycles. The van der Waals surface area contributed by atoms with Crippen molar-refractivity contribution in [2.24, 2.45) is 0 Å². The van der Waals surface area contributed by atoms with Gasteiger partial charge in [-0.1, -0.05) is 16.8 Å². The molecule has 1 aromatic heterocycles. The molecule has 84 valence electrons. The van der Waals surface area contributed by atoms with Crippen LogP contribution in [-0.2, 0) is 11.3 Å². The van der Waals surface area contributed by atoms with Crippen molar-refractivity contribution in [3.8, 4) is 5.69 Å². The lowest BCUT2D eigenvalue weighted by molar-refractivity contribution is 0.131. The van der Waals surface area contributed by atoms with Crippen LogP contribution >= 0.6 is 11.6 Å². The molecule has 0 saturated carbocycles. The summed E-state index contributed by atoms with van der Waals surface area (Å²) in [5.74, 6) is 0. The first kappa shape index (κ1) is 11.1. The molecule has 0 saturated heterocycles. The average molecular weight is 238 g/mol. The predicted octanol–water partition coefficient (Wildman–Crippen LogP) is 2.46. The van der Waals surface area contributed by atoms with E-state index in [9.17, 15) is 0 Å². The maximum Gasteiger partial charge on any atom is 0.109 e. The van der Waals surface area contributed by atoms with Crippen molar-refractivity contribution in [2.45, 2.75) is 13.5 Å². The van der Waals surface area contributed by atoms with Gasteiger partial charge in [-0.05, 0) is 31.2 Å². The van der Waals surface area contributed by atoms with Crippen molar-refractivity contribution < 1.29 is 4.74 Å². The van der Waals surface area contributed by atoms with Crippen LogP contribution in [0.1, 0.15) is 12.6 Å². The topological polar surface area (TPSA) is 39.9 Å². The highest BCUT2D eigenvalue weighted by Gasteiger charge is 2.02. The summed E-state index contributed by atoms with van der Waals surface area (Å²) in [6.07, 6.45) is 1.85. The minimum atomic E-state index is 0.490. The summed E-state index contributed by atoms with van der Waals surface area (Å²) in [6.45, 7) is 3.11. The zero-order valence-electron chi connectivity index (χ0n) is 8.93. The van der Waals surface area contributed by atoms with Crippen molar-refractivity contribution in [3.63, 3.8) is 0 Å². The Morgan fingerprint density at radius 3 is 2.75 bits per heavy atom. The number of nitrogens with zero attached hydrogens (tertiary/aromatic N) is 3. The lowest BCUT2D eigenvalue weighted by Gasteiger charge is -1.98. The number of aromatic nitrogens is 3. The Morgan fingerprint density at radius 2 is 2.06 bits per heavy atom. The van der Waals surface area contributed by atoms with E-state index in [0.29, 0.717) is 18.2 Å². The maximum atomic E-state index is 5.81. The van der Waals surface area contributed by atoms with Gasteiger partial charge in [0.2, 0.25) is 0 Å². The molecule has 0 amide bonds. The summed E-state index contributed by atoms with van der Waals surface area (Å²) >= 11 is 5.81. The highest BCUT2D eigenvalue weighted by Crippen LogP contribution is 2.12. The molecule has 2 aromatic rings. The van der Waals surface area contributed by atoms with Crippen LogP contribution in [0.4, 0.5) is 0 Å². The van der Waals surface area contributed by atoms with E-state index < -0.39 is 0 Å². The van der Waals surface area contributed by atoms with Crippen LogP contribution in [-0.4, -0.2) is 21.6 Å². The van der Waals surface area contributed by atoms with Crippen LogP contribution < -0.4 is 0 Å². The molecule has 0 radical (unpaired) electrons. The van der Waals surface area contributed by atoms with Crippen molar-refractivity contribution in [1.82, 2.24) is 15.0 Å². The van der Waals surface area contributed by atoms with Gasteiger partial charge in [-0.2, -0.15) is 0 Å². The second-order valence-corrected chi connectivity index (χ2v) is 3.70. The third-order valence-corrected chi connectivity index (χ3v) is 2.34. The summed E-state index contributed by atoms with van der Waals surface area (Å²) in [4.78, 5) is 0. The van der Waals surface area contributed by atoms with Gasteiger partial charge in [0.25, 0.3) is 0 Å². The predicted molar refractivity (Wildman–Crippen MR) is 61.7 cm³/mol. The molecule has 0 N–H and O–H groups in total. The van der Waals surface area contributed by atoms with E-state index in [4.69, 9.17) is 16.3 Å². The number of benzene rings is 1. The van der Waals surface area contributed by atoms with E-state index in [-0.39, 0.29) is 0 Å². The summed E-state index contributed by atoms with van der Waals surface area (Å²) in [5, 5.41) is 8.73. The van der Waals surface area contributed by atoms with Gasteiger partial charge in [-0.15, -0.1) is 5.10 Å². The van der Waals surface area contributed by atoms with Gasteiger partial charge < -0.3 is 4.74 Å². The smallest absolute Gasteiger partial charge is 0.109 e. The van der Waals surface area contributed by atoms with Gasteiger partial charge in [0, 0.05) is 11.6 Å². The van der Waals surface area contributed by atoms with Crippen molar-refractivity contribution in [2.75, 3.05) is 6.61 Å². The first-order valence-electron chi connectivity index (χ1n) is 5.04. The molecule has 0 aliphatic rings. The molecule has 0 fully saturated rings. The molecule has 4 nitrogen and oxygen atoms in total. The third-order valence-electron chi connectivity index (χ3n) is 2.09. The Labute approximate surface area is 98.8 Å². The lowest BCUT2D eigenvalue weighted by atomic mass is 10.3. The van der Waals surface area contributed by atoms with Gasteiger partial charge in [0.05, 0.1) is 18.5 Å². The molecule has 0 bridgehead atoms. The van der Waals surface area contributed by atoms with Crippen LogP contribution in [0, 0.1) is 0 Å². The minimum Gasteiger partial charge on any atom is -0.375 e. The summed E-state index contributed by atoms with van der Waals surface area (Å²) in [6, 6.07) is 7.42. The fourth-order valence-corrected chi connectivity index (χ4v) is 1.42. The van der Waals surface area contributed by atoms with E-state index >= 15 is 0 Å². The zero-order valence-corrected chi connectivity index (χ0v) is 9.68. The Hall–Kier alpha value is -1.39. The first-order chi connectivity index (χ1) is 7.79. The molecular weight excluding hydrogens is 226 g/mol. The Morgan fingerprint density at radius 1 is 1.31 bits per heavy atom. The van der Waals surface area contributed by atoms with Gasteiger partial charge in [0.1, 0.15) is 5.69 Å². The largest absolute Gasteiger partial charge is 0.375 e. The average Bonchev–Trinajstić information content (AvgIpc) is 2.76. The van der Waals surface area contributed by atoms with E-state index in [1.54, 1.807) is 4.68 Å². The number of hydrogen-bond acceptors (Lipinski definition) is 3. The van der Waals surface area contributed by atoms with Crippen LogP contribution in [0.2, 0.25) is 5.02 Å². The lowest BCUT2D eigenvalue weighted by Crippen LogP contribution is -1.93. The summed E-state index contributed by atoms with van der Waals surface area (Å²) < 4.78 is 6.95. The van der Waals surface area contributed by atoms with Crippen molar-refractivity contribution in [1.29, 1.82) is 0 Å². The first-order valence-corrected chi connectivity index (χ1v) is 5.42. The number of hydrogen-bond donors (Lipinski definition) is 0. The Balaban J connectivity index is 2.15. The van der Waals surface area contributed by atoms with E-state index in [2.05, 4.69) is 10.3 Å². The van der Waals surface area contributed by atoms with E-state index in [0.717, 1.165) is 11.4 Å². The molecule has 16 heavy (non-hydrogen) atoms. The molecule has 0 aliphatic carbocycles. The summed E-state index contributed by atoms with van der Waals surface area (Å²) in [7, 11) is 0. The number of ether oxygens (including phenoxy) is 1. The quantitative estimate of drug-likeness (QED) is 0.820. The highest BCUT2D eigenvalue weighted by atomic mass is 35.5. The standard InChI is InChI=1S/C11H12ClN3O/c1-2-16-8-10-7-15(14-13-10)11-5-3-9(12)4-6-11/h3-7H,2,8H2,1H3. The molecule has 0 unspecified atom stereocenters. The highest BCUT2D eigenvalue weighted by molar-refractivity contribution is 6.30. The van der Waals surface area contributed by atoms with Crippen molar-refractivity contribution >= 4 is 11.6 Å². The molecule has 2 rings (SSSR count). The molecule has 0 atom stereocenters. The second kappa shape index (κ2) is 5.09. The number of rotatable bonds is 4. The van der Waals surface area contributed by atoms with Crippen LogP contribution in [0.5, 0.6) is 0 Å². The Bertz CT molecular complexity index is 453. The van der Waals surface area contributed by atoms with Crippen LogP contribution in [0.15, 0.2) is 30.5 Å². The van der Waals surface area contributed by atoms with E-state index in [1.165, 1.54) is 0 Å². The SMILES string of the molecule is CCOCc1cn(-c2ccc(Cl)cc2)nn1. The normalized spacial score (nSPS) is 10.6. The fourth-order valence-electron chi connectivity index (χ4n) is 1.29. The van der Waals surface area contributed by atoms with Gasteiger partial charge in [-0.3, -0.25) is 0 Å². The van der Waals surface area contributed by atoms with E-state index in [1.807, 2.05) is 37.4 Å². The molecule has 5 heteroatoms. The Kier molecular flexibility index (Phi) is 3.54. The maximum absolute atomic E-state index is 5.81.